The molecule has 1 amide bonds. The first-order chi connectivity index (χ1) is 8.83. The van der Waals surface area contributed by atoms with Crippen molar-refractivity contribution in [2.45, 2.75) is 6.42 Å². The fourth-order valence-electron chi connectivity index (χ4n) is 1.99. The van der Waals surface area contributed by atoms with Gasteiger partial charge in [0.2, 0.25) is 0 Å². The van der Waals surface area contributed by atoms with Gasteiger partial charge in [0, 0.05) is 22.5 Å². The van der Waals surface area contributed by atoms with Gasteiger partial charge < -0.3 is 10.6 Å². The second-order valence-corrected chi connectivity index (χ2v) is 6.29. The van der Waals surface area contributed by atoms with Crippen LogP contribution < -0.4 is 10.6 Å². The van der Waals surface area contributed by atoms with E-state index < -0.39 is 0 Å². The zero-order chi connectivity index (χ0) is 12.4. The minimum Gasteiger partial charge on any atom is -0.348 e. The third kappa shape index (κ3) is 2.48. The largest absolute Gasteiger partial charge is 0.348 e. The van der Waals surface area contributed by atoms with Crippen LogP contribution in [-0.4, -0.2) is 25.5 Å². The van der Waals surface area contributed by atoms with Gasteiger partial charge in [0.1, 0.15) is 0 Å². The summed E-state index contributed by atoms with van der Waals surface area (Å²) >= 11 is 3.25. The molecule has 0 atom stereocenters. The smallest absolute Gasteiger partial charge is 0.261 e. The lowest BCUT2D eigenvalue weighted by Gasteiger charge is -2.14. The molecule has 2 aromatic rings. The standard InChI is InChI=1S/C13H14N2OS2/c16-13(15-8-9-1-4-14-5-2-9)12-7-11-10(18-12)3-6-17-11/h1,3,6-7,14H,2,4-5,8H2,(H,15,16). The first-order valence-electron chi connectivity index (χ1n) is 5.97. The predicted molar refractivity (Wildman–Crippen MR) is 77.6 cm³/mol. The summed E-state index contributed by atoms with van der Waals surface area (Å²) in [7, 11) is 0. The molecule has 1 aliphatic rings. The molecule has 0 saturated carbocycles. The highest BCUT2D eigenvalue weighted by Crippen LogP contribution is 2.29. The summed E-state index contributed by atoms with van der Waals surface area (Å²) in [4.78, 5) is 12.8. The highest BCUT2D eigenvalue weighted by Gasteiger charge is 2.11. The summed E-state index contributed by atoms with van der Waals surface area (Å²) < 4.78 is 2.40. The van der Waals surface area contributed by atoms with Crippen LogP contribution in [0.5, 0.6) is 0 Å². The molecule has 3 heterocycles. The molecule has 5 heteroatoms. The molecule has 94 valence electrons. The number of hydrogen-bond acceptors (Lipinski definition) is 4. The highest BCUT2D eigenvalue weighted by molar-refractivity contribution is 7.27. The fraction of sp³-hybridized carbons (Fsp3) is 0.308. The summed E-state index contributed by atoms with van der Waals surface area (Å²) in [6.45, 7) is 2.60. The van der Waals surface area contributed by atoms with Crippen molar-refractivity contribution >= 4 is 38.0 Å². The number of hydrogen-bond donors (Lipinski definition) is 2. The van der Waals surface area contributed by atoms with Gasteiger partial charge in [0.05, 0.1) is 4.88 Å². The molecule has 0 unspecified atom stereocenters. The minimum absolute atomic E-state index is 0.0443. The molecule has 2 aromatic heterocycles. The molecule has 3 nitrogen and oxygen atoms in total. The molecule has 0 aromatic carbocycles. The molecule has 3 rings (SSSR count). The summed E-state index contributed by atoms with van der Waals surface area (Å²) in [5.74, 6) is 0.0443. The first kappa shape index (κ1) is 11.9. The second-order valence-electron chi connectivity index (χ2n) is 4.26. The van der Waals surface area contributed by atoms with E-state index in [0.29, 0.717) is 6.54 Å². The van der Waals surface area contributed by atoms with E-state index in [1.807, 2.05) is 6.07 Å². The van der Waals surface area contributed by atoms with E-state index in [0.717, 1.165) is 24.4 Å². The molecule has 0 bridgehead atoms. The zero-order valence-electron chi connectivity index (χ0n) is 9.86. The van der Waals surface area contributed by atoms with Crippen molar-refractivity contribution in [3.63, 3.8) is 0 Å². The lowest BCUT2D eigenvalue weighted by atomic mass is 10.1. The van der Waals surface area contributed by atoms with Crippen LogP contribution >= 0.6 is 22.7 Å². The summed E-state index contributed by atoms with van der Waals surface area (Å²) in [5, 5.41) is 8.32. The number of rotatable bonds is 3. The van der Waals surface area contributed by atoms with Gasteiger partial charge in [-0.15, -0.1) is 22.7 Å². The lowest BCUT2D eigenvalue weighted by molar-refractivity contribution is 0.0960. The summed E-state index contributed by atoms with van der Waals surface area (Å²) in [5.41, 5.74) is 1.32. The van der Waals surface area contributed by atoms with Crippen LogP contribution in [0.2, 0.25) is 0 Å². The number of carbonyl (C=O) groups is 1. The predicted octanol–water partition coefficient (Wildman–Crippen LogP) is 2.61. The molecule has 0 spiro atoms. The Morgan fingerprint density at radius 1 is 1.44 bits per heavy atom. The average molecular weight is 278 g/mol. The average Bonchev–Trinajstić information content (AvgIpc) is 2.98. The molecule has 0 aliphatic carbocycles. The number of carbonyl (C=O) groups excluding carboxylic acids is 1. The van der Waals surface area contributed by atoms with E-state index in [9.17, 15) is 4.79 Å². The van der Waals surface area contributed by atoms with E-state index in [1.54, 1.807) is 22.7 Å². The number of amides is 1. The van der Waals surface area contributed by atoms with Crippen molar-refractivity contribution in [3.8, 4) is 0 Å². The van der Waals surface area contributed by atoms with Gasteiger partial charge >= 0.3 is 0 Å². The van der Waals surface area contributed by atoms with Gasteiger partial charge in [0.25, 0.3) is 5.91 Å². The summed E-state index contributed by atoms with van der Waals surface area (Å²) in [6.07, 6.45) is 3.19. The topological polar surface area (TPSA) is 41.1 Å². The summed E-state index contributed by atoms with van der Waals surface area (Å²) in [6, 6.07) is 4.05. The van der Waals surface area contributed by atoms with Crippen molar-refractivity contribution in [2.75, 3.05) is 19.6 Å². The number of thiophene rings is 2. The Hall–Kier alpha value is -1.17. The zero-order valence-corrected chi connectivity index (χ0v) is 11.5. The van der Waals surface area contributed by atoms with Crippen molar-refractivity contribution in [3.05, 3.63) is 34.0 Å². The van der Waals surface area contributed by atoms with Crippen molar-refractivity contribution in [1.82, 2.24) is 10.6 Å². The van der Waals surface area contributed by atoms with E-state index >= 15 is 0 Å². The molecular formula is C13H14N2OS2. The third-order valence-electron chi connectivity index (χ3n) is 3.00. The van der Waals surface area contributed by atoms with Crippen LogP contribution in [0.4, 0.5) is 0 Å². The van der Waals surface area contributed by atoms with Crippen molar-refractivity contribution < 1.29 is 4.79 Å². The molecular weight excluding hydrogens is 264 g/mol. The van der Waals surface area contributed by atoms with Crippen LogP contribution in [0, 0.1) is 0 Å². The Balaban J connectivity index is 1.64. The Morgan fingerprint density at radius 2 is 2.39 bits per heavy atom. The van der Waals surface area contributed by atoms with Crippen LogP contribution in [0.1, 0.15) is 16.1 Å². The SMILES string of the molecule is O=C(NCC1=CCNCC1)c1cc2sccc2s1. The Labute approximate surface area is 114 Å². The normalized spacial score (nSPS) is 15.7. The van der Waals surface area contributed by atoms with E-state index in [-0.39, 0.29) is 5.91 Å². The van der Waals surface area contributed by atoms with Gasteiger partial charge in [0.15, 0.2) is 0 Å². The van der Waals surface area contributed by atoms with Crippen LogP contribution in [-0.2, 0) is 0 Å². The minimum atomic E-state index is 0.0443. The van der Waals surface area contributed by atoms with E-state index in [4.69, 9.17) is 0 Å². The quantitative estimate of drug-likeness (QED) is 0.847. The lowest BCUT2D eigenvalue weighted by Crippen LogP contribution is -2.29. The van der Waals surface area contributed by atoms with Gasteiger partial charge in [-0.05, 0) is 30.5 Å². The van der Waals surface area contributed by atoms with Crippen molar-refractivity contribution in [2.24, 2.45) is 0 Å². The second kappa shape index (κ2) is 5.22. The molecule has 1 aliphatic heterocycles. The fourth-order valence-corrected chi connectivity index (χ4v) is 4.01. The molecule has 0 fully saturated rings. The molecule has 0 saturated heterocycles. The maximum absolute atomic E-state index is 12.0. The monoisotopic (exact) mass is 278 g/mol. The van der Waals surface area contributed by atoms with Gasteiger partial charge in [-0.2, -0.15) is 0 Å². The third-order valence-corrected chi connectivity index (χ3v) is 5.09. The van der Waals surface area contributed by atoms with Gasteiger partial charge in [-0.1, -0.05) is 11.6 Å². The Kier molecular flexibility index (Phi) is 3.45. The Bertz CT molecular complexity index is 568. The van der Waals surface area contributed by atoms with Crippen LogP contribution in [0.3, 0.4) is 0 Å². The van der Waals surface area contributed by atoms with Gasteiger partial charge in [-0.3, -0.25) is 4.79 Å². The van der Waals surface area contributed by atoms with Crippen LogP contribution in [0.25, 0.3) is 9.40 Å². The maximum atomic E-state index is 12.0. The number of nitrogens with one attached hydrogen (secondary N) is 2. The van der Waals surface area contributed by atoms with Crippen LogP contribution in [0.15, 0.2) is 29.2 Å². The van der Waals surface area contributed by atoms with Gasteiger partial charge in [-0.25, -0.2) is 0 Å². The number of fused-ring (bicyclic) bond motifs is 1. The maximum Gasteiger partial charge on any atom is 0.261 e. The van der Waals surface area contributed by atoms with Crippen molar-refractivity contribution in [1.29, 1.82) is 0 Å². The molecule has 18 heavy (non-hydrogen) atoms. The molecule has 2 N–H and O–H groups in total. The molecule has 0 radical (unpaired) electrons. The van der Waals surface area contributed by atoms with E-state index in [1.165, 1.54) is 15.0 Å². The Morgan fingerprint density at radius 3 is 3.17 bits per heavy atom. The first-order valence-corrected chi connectivity index (χ1v) is 7.66. The van der Waals surface area contributed by atoms with E-state index in [2.05, 4.69) is 28.2 Å². The highest BCUT2D eigenvalue weighted by atomic mass is 32.1.